The van der Waals surface area contributed by atoms with Gasteiger partial charge in [0.2, 0.25) is 0 Å². The molecule has 72 valence electrons. The van der Waals surface area contributed by atoms with Crippen LogP contribution in [0, 0.1) is 11.8 Å². The molecule has 0 aromatic carbocycles. The lowest BCUT2D eigenvalue weighted by Crippen LogP contribution is -2.22. The second kappa shape index (κ2) is 5.55. The summed E-state index contributed by atoms with van der Waals surface area (Å²) in [6.07, 6.45) is 5.54. The van der Waals surface area contributed by atoms with Crippen molar-refractivity contribution in [1.82, 2.24) is 0 Å². The van der Waals surface area contributed by atoms with Crippen LogP contribution in [-0.2, 0) is 9.47 Å². The van der Waals surface area contributed by atoms with E-state index in [1.54, 1.807) is 14.2 Å². The number of methoxy groups -OCH3 is 2. The maximum atomic E-state index is 5.19. The Morgan fingerprint density at radius 1 is 1.08 bits per heavy atom. The zero-order chi connectivity index (χ0) is 8.81. The van der Waals surface area contributed by atoms with Gasteiger partial charge in [-0.2, -0.15) is 0 Å². The van der Waals surface area contributed by atoms with Gasteiger partial charge in [-0.15, -0.1) is 0 Å². The summed E-state index contributed by atoms with van der Waals surface area (Å²) in [6.45, 7) is 1.72. The summed E-state index contributed by atoms with van der Waals surface area (Å²) in [7, 11) is 3.55. The first kappa shape index (κ1) is 10.0. The molecule has 0 N–H and O–H groups in total. The van der Waals surface area contributed by atoms with Crippen LogP contribution in [0.3, 0.4) is 0 Å². The van der Waals surface area contributed by atoms with E-state index >= 15 is 0 Å². The highest BCUT2D eigenvalue weighted by atomic mass is 16.5. The molecule has 2 heteroatoms. The molecule has 0 unspecified atom stereocenters. The molecule has 1 rings (SSSR count). The standard InChI is InChI=1S/C10H20O2/c1-11-7-10(8-12-2)9-5-3-4-6-9/h9-10H,3-8H2,1-2H3. The van der Waals surface area contributed by atoms with E-state index < -0.39 is 0 Å². The summed E-state index contributed by atoms with van der Waals surface area (Å²) in [6, 6.07) is 0. The lowest BCUT2D eigenvalue weighted by Gasteiger charge is -2.21. The van der Waals surface area contributed by atoms with Crippen molar-refractivity contribution < 1.29 is 9.47 Å². The summed E-state index contributed by atoms with van der Waals surface area (Å²) in [5, 5.41) is 0. The fraction of sp³-hybridized carbons (Fsp3) is 1.00. The molecular formula is C10H20O2. The predicted molar refractivity (Wildman–Crippen MR) is 49.2 cm³/mol. The molecule has 0 spiro atoms. The van der Waals surface area contributed by atoms with E-state index in [-0.39, 0.29) is 0 Å². The highest BCUT2D eigenvalue weighted by Crippen LogP contribution is 2.31. The highest BCUT2D eigenvalue weighted by Gasteiger charge is 2.24. The Bertz CT molecular complexity index is 102. The molecule has 1 aliphatic carbocycles. The molecule has 0 aromatic heterocycles. The van der Waals surface area contributed by atoms with E-state index in [2.05, 4.69) is 0 Å². The van der Waals surface area contributed by atoms with Crippen molar-refractivity contribution in [3.05, 3.63) is 0 Å². The first-order chi connectivity index (χ1) is 5.88. The Morgan fingerprint density at radius 3 is 2.00 bits per heavy atom. The van der Waals surface area contributed by atoms with Crippen molar-refractivity contribution in [1.29, 1.82) is 0 Å². The minimum Gasteiger partial charge on any atom is -0.384 e. The third-order valence-corrected chi connectivity index (χ3v) is 2.83. The molecule has 0 bridgehead atoms. The first-order valence-electron chi connectivity index (χ1n) is 4.86. The summed E-state index contributed by atoms with van der Waals surface area (Å²) in [5.74, 6) is 1.48. The lowest BCUT2D eigenvalue weighted by atomic mass is 9.92. The minimum atomic E-state index is 0.627. The van der Waals surface area contributed by atoms with Gasteiger partial charge in [-0.3, -0.25) is 0 Å². The molecule has 0 aromatic rings. The second-order valence-corrected chi connectivity index (χ2v) is 3.72. The molecule has 2 nitrogen and oxygen atoms in total. The lowest BCUT2D eigenvalue weighted by molar-refractivity contribution is 0.0553. The molecule has 1 fully saturated rings. The van der Waals surface area contributed by atoms with Crippen LogP contribution in [0.25, 0.3) is 0 Å². The van der Waals surface area contributed by atoms with Crippen molar-refractivity contribution >= 4 is 0 Å². The summed E-state index contributed by atoms with van der Waals surface area (Å²) in [4.78, 5) is 0. The van der Waals surface area contributed by atoms with E-state index in [1.807, 2.05) is 0 Å². The van der Waals surface area contributed by atoms with Gasteiger partial charge in [-0.25, -0.2) is 0 Å². The number of rotatable bonds is 5. The molecule has 1 aliphatic rings. The van der Waals surface area contributed by atoms with Crippen LogP contribution in [0.1, 0.15) is 25.7 Å². The largest absolute Gasteiger partial charge is 0.384 e. The molecule has 0 amide bonds. The summed E-state index contributed by atoms with van der Waals surface area (Å²) in [5.41, 5.74) is 0. The Labute approximate surface area is 75.2 Å². The van der Waals surface area contributed by atoms with Crippen molar-refractivity contribution in [2.45, 2.75) is 25.7 Å². The van der Waals surface area contributed by atoms with Gasteiger partial charge in [0.1, 0.15) is 0 Å². The van der Waals surface area contributed by atoms with Crippen LogP contribution in [0.2, 0.25) is 0 Å². The van der Waals surface area contributed by atoms with E-state index in [0.29, 0.717) is 5.92 Å². The number of hydrogen-bond acceptors (Lipinski definition) is 2. The number of ether oxygens (including phenoxy) is 2. The van der Waals surface area contributed by atoms with Gasteiger partial charge in [-0.1, -0.05) is 25.7 Å². The molecule has 0 aliphatic heterocycles. The Hall–Kier alpha value is -0.0800. The Morgan fingerprint density at radius 2 is 1.58 bits per heavy atom. The molecular weight excluding hydrogens is 152 g/mol. The van der Waals surface area contributed by atoms with Gasteiger partial charge < -0.3 is 9.47 Å². The average molecular weight is 172 g/mol. The smallest absolute Gasteiger partial charge is 0.0515 e. The maximum absolute atomic E-state index is 5.19. The topological polar surface area (TPSA) is 18.5 Å². The predicted octanol–water partition coefficient (Wildman–Crippen LogP) is 2.09. The molecule has 1 saturated carbocycles. The maximum Gasteiger partial charge on any atom is 0.0515 e. The van der Waals surface area contributed by atoms with Crippen molar-refractivity contribution in [2.24, 2.45) is 11.8 Å². The third kappa shape index (κ3) is 2.76. The zero-order valence-corrected chi connectivity index (χ0v) is 8.21. The summed E-state index contributed by atoms with van der Waals surface area (Å²) >= 11 is 0. The van der Waals surface area contributed by atoms with Crippen LogP contribution in [0.4, 0.5) is 0 Å². The molecule has 0 saturated heterocycles. The fourth-order valence-electron chi connectivity index (χ4n) is 2.18. The van der Waals surface area contributed by atoms with E-state index in [1.165, 1.54) is 25.7 Å². The van der Waals surface area contributed by atoms with Gasteiger partial charge in [0.15, 0.2) is 0 Å². The molecule has 0 heterocycles. The SMILES string of the molecule is COCC(COC)C1CCCC1. The number of hydrogen-bond donors (Lipinski definition) is 0. The summed E-state index contributed by atoms with van der Waals surface area (Å²) < 4.78 is 10.4. The van der Waals surface area contributed by atoms with Crippen LogP contribution < -0.4 is 0 Å². The monoisotopic (exact) mass is 172 g/mol. The van der Waals surface area contributed by atoms with Crippen molar-refractivity contribution in [3.8, 4) is 0 Å². The highest BCUT2D eigenvalue weighted by molar-refractivity contribution is 4.74. The average Bonchev–Trinajstić information content (AvgIpc) is 2.56. The van der Waals surface area contributed by atoms with Crippen molar-refractivity contribution in [2.75, 3.05) is 27.4 Å². The molecule has 0 atom stereocenters. The first-order valence-corrected chi connectivity index (χ1v) is 4.86. The van der Waals surface area contributed by atoms with Gasteiger partial charge in [0.05, 0.1) is 13.2 Å². The van der Waals surface area contributed by atoms with Crippen molar-refractivity contribution in [3.63, 3.8) is 0 Å². The second-order valence-electron chi connectivity index (χ2n) is 3.72. The van der Waals surface area contributed by atoms with Gasteiger partial charge in [-0.05, 0) is 5.92 Å². The van der Waals surface area contributed by atoms with Gasteiger partial charge in [0.25, 0.3) is 0 Å². The van der Waals surface area contributed by atoms with Crippen LogP contribution in [-0.4, -0.2) is 27.4 Å². The fourth-order valence-corrected chi connectivity index (χ4v) is 2.18. The quantitative estimate of drug-likeness (QED) is 0.632. The van der Waals surface area contributed by atoms with Gasteiger partial charge in [0, 0.05) is 20.1 Å². The van der Waals surface area contributed by atoms with Crippen LogP contribution in [0.5, 0.6) is 0 Å². The van der Waals surface area contributed by atoms with Crippen LogP contribution in [0.15, 0.2) is 0 Å². The zero-order valence-electron chi connectivity index (χ0n) is 8.21. The Balaban J connectivity index is 2.29. The molecule has 12 heavy (non-hydrogen) atoms. The normalized spacial score (nSPS) is 19.2. The molecule has 0 radical (unpaired) electrons. The Kier molecular flexibility index (Phi) is 4.62. The minimum absolute atomic E-state index is 0.627. The van der Waals surface area contributed by atoms with Gasteiger partial charge >= 0.3 is 0 Å². The van der Waals surface area contributed by atoms with E-state index in [0.717, 1.165) is 19.1 Å². The van der Waals surface area contributed by atoms with E-state index in [4.69, 9.17) is 9.47 Å². The third-order valence-electron chi connectivity index (χ3n) is 2.83. The van der Waals surface area contributed by atoms with E-state index in [9.17, 15) is 0 Å². The van der Waals surface area contributed by atoms with Crippen LogP contribution >= 0.6 is 0 Å².